The number of hydrogen-bond acceptors (Lipinski definition) is 5. The predicted molar refractivity (Wildman–Crippen MR) is 80.9 cm³/mol. The molecule has 3 amide bonds. The summed E-state index contributed by atoms with van der Waals surface area (Å²) in [5.41, 5.74) is 0.316. The number of aryl methyl sites for hydroxylation is 1. The van der Waals surface area contributed by atoms with Gasteiger partial charge in [-0.05, 0) is 0 Å². The van der Waals surface area contributed by atoms with Crippen molar-refractivity contribution in [2.75, 3.05) is 46.9 Å². The van der Waals surface area contributed by atoms with E-state index in [0.717, 1.165) is 6.41 Å². The molecule has 0 aromatic carbocycles. The number of nitrogens with zero attached hydrogens (tertiary/aromatic N) is 5. The van der Waals surface area contributed by atoms with Gasteiger partial charge in [0.2, 0.25) is 18.2 Å². The second-order valence-electron chi connectivity index (χ2n) is 5.41. The largest absolute Gasteiger partial charge is 0.479 e. The zero-order valence-electron chi connectivity index (χ0n) is 13.6. The molecule has 1 fully saturated rings. The van der Waals surface area contributed by atoms with Gasteiger partial charge in [-0.25, -0.2) is 0 Å². The lowest BCUT2D eigenvalue weighted by molar-refractivity contribution is -0.135. The van der Waals surface area contributed by atoms with Crippen LogP contribution in [-0.4, -0.2) is 89.6 Å². The molecule has 1 aliphatic heterocycles. The van der Waals surface area contributed by atoms with E-state index >= 15 is 0 Å². The molecule has 2 heterocycles. The molecule has 23 heavy (non-hydrogen) atoms. The molecule has 0 spiro atoms. The summed E-state index contributed by atoms with van der Waals surface area (Å²) < 4.78 is 6.56. The number of carbonyl (C=O) groups is 3. The van der Waals surface area contributed by atoms with E-state index in [-0.39, 0.29) is 24.2 Å². The van der Waals surface area contributed by atoms with Gasteiger partial charge in [0.05, 0.1) is 13.7 Å². The van der Waals surface area contributed by atoms with Crippen LogP contribution in [-0.2, 0) is 16.6 Å². The molecule has 0 N–H and O–H groups in total. The number of aromatic nitrogens is 2. The van der Waals surface area contributed by atoms with Crippen molar-refractivity contribution in [3.05, 3.63) is 11.8 Å². The Labute approximate surface area is 134 Å². The highest BCUT2D eigenvalue weighted by Crippen LogP contribution is 2.16. The van der Waals surface area contributed by atoms with Gasteiger partial charge in [0, 0.05) is 46.5 Å². The molecule has 0 atom stereocenters. The minimum Gasteiger partial charge on any atom is -0.479 e. The lowest BCUT2D eigenvalue weighted by Crippen LogP contribution is -2.50. The van der Waals surface area contributed by atoms with E-state index < -0.39 is 0 Å². The van der Waals surface area contributed by atoms with Crippen molar-refractivity contribution in [1.82, 2.24) is 24.5 Å². The fourth-order valence-electron chi connectivity index (χ4n) is 2.42. The molecule has 1 aromatic heterocycles. The molecule has 0 bridgehead atoms. The number of piperazine rings is 1. The van der Waals surface area contributed by atoms with E-state index in [1.807, 2.05) is 0 Å². The predicted octanol–water partition coefficient (Wildman–Crippen LogP) is -1.20. The fourth-order valence-corrected chi connectivity index (χ4v) is 2.42. The quantitative estimate of drug-likeness (QED) is 0.635. The number of ether oxygens (including phenoxy) is 1. The number of hydrogen-bond donors (Lipinski definition) is 0. The molecule has 0 aliphatic carbocycles. The zero-order valence-corrected chi connectivity index (χ0v) is 13.6. The molecule has 1 saturated heterocycles. The number of carbonyl (C=O) groups excluding carboxylic acids is 3. The summed E-state index contributed by atoms with van der Waals surface area (Å²) >= 11 is 0. The topological polar surface area (TPSA) is 88.0 Å². The molecular formula is C14H21N5O4. The lowest BCUT2D eigenvalue weighted by atomic mass is 10.3. The molecule has 0 saturated carbocycles. The van der Waals surface area contributed by atoms with Gasteiger partial charge in [-0.1, -0.05) is 0 Å². The molecule has 2 rings (SSSR count). The minimum atomic E-state index is -0.324. The van der Waals surface area contributed by atoms with E-state index in [1.165, 1.54) is 16.7 Å². The monoisotopic (exact) mass is 323 g/mol. The first-order chi connectivity index (χ1) is 11.0. The maximum Gasteiger partial charge on any atom is 0.261 e. The second-order valence-corrected chi connectivity index (χ2v) is 5.41. The van der Waals surface area contributed by atoms with Gasteiger partial charge in [0.1, 0.15) is 5.56 Å². The third kappa shape index (κ3) is 3.79. The summed E-state index contributed by atoms with van der Waals surface area (Å²) in [6, 6.07) is 0. The molecule has 0 radical (unpaired) electrons. The van der Waals surface area contributed by atoms with Crippen LogP contribution < -0.4 is 4.74 Å². The van der Waals surface area contributed by atoms with Crippen LogP contribution in [0.3, 0.4) is 0 Å². The summed E-state index contributed by atoms with van der Waals surface area (Å²) in [4.78, 5) is 40.0. The Bertz CT molecular complexity index is 592. The first-order valence-corrected chi connectivity index (χ1v) is 7.26. The Balaban J connectivity index is 1.95. The summed E-state index contributed by atoms with van der Waals surface area (Å²) in [5.74, 6) is -0.236. The Morgan fingerprint density at radius 2 is 2.00 bits per heavy atom. The van der Waals surface area contributed by atoms with Gasteiger partial charge in [-0.2, -0.15) is 0 Å². The average Bonchev–Trinajstić information content (AvgIpc) is 2.94. The highest BCUT2D eigenvalue weighted by atomic mass is 16.5. The van der Waals surface area contributed by atoms with Gasteiger partial charge in [-0.15, -0.1) is 5.10 Å². The molecule has 1 aliphatic rings. The van der Waals surface area contributed by atoms with Crippen molar-refractivity contribution in [1.29, 1.82) is 0 Å². The van der Waals surface area contributed by atoms with Crippen LogP contribution in [0, 0.1) is 0 Å². The Hall–Kier alpha value is -2.58. The maximum absolute atomic E-state index is 12.4. The van der Waals surface area contributed by atoms with E-state index in [1.54, 1.807) is 30.1 Å². The normalized spacial score (nSPS) is 14.6. The van der Waals surface area contributed by atoms with Crippen LogP contribution >= 0.6 is 0 Å². The Morgan fingerprint density at radius 1 is 1.35 bits per heavy atom. The summed E-state index contributed by atoms with van der Waals surface area (Å²) in [7, 11) is 4.70. The van der Waals surface area contributed by atoms with E-state index in [9.17, 15) is 14.4 Å². The van der Waals surface area contributed by atoms with Crippen LogP contribution in [0.25, 0.3) is 0 Å². The van der Waals surface area contributed by atoms with E-state index in [0.29, 0.717) is 31.7 Å². The van der Waals surface area contributed by atoms with Crippen molar-refractivity contribution in [3.8, 4) is 5.88 Å². The van der Waals surface area contributed by atoms with Crippen LogP contribution in [0.1, 0.15) is 10.4 Å². The first-order valence-electron chi connectivity index (χ1n) is 7.26. The van der Waals surface area contributed by atoms with Gasteiger partial charge in [-0.3, -0.25) is 19.1 Å². The van der Waals surface area contributed by atoms with Crippen LogP contribution in [0.2, 0.25) is 0 Å². The SMILES string of the molecule is COc1nn(C)cc1C(=O)N(C)CC(=O)N1CCN(C=O)CC1. The summed E-state index contributed by atoms with van der Waals surface area (Å²) in [5, 5.41) is 4.03. The van der Waals surface area contributed by atoms with Crippen LogP contribution in [0.4, 0.5) is 0 Å². The zero-order chi connectivity index (χ0) is 17.0. The van der Waals surface area contributed by atoms with Gasteiger partial charge < -0.3 is 19.4 Å². The highest BCUT2D eigenvalue weighted by Gasteiger charge is 2.25. The average molecular weight is 323 g/mol. The molecule has 9 nitrogen and oxygen atoms in total. The highest BCUT2D eigenvalue weighted by molar-refractivity contribution is 5.98. The fraction of sp³-hybridized carbons (Fsp3) is 0.571. The van der Waals surface area contributed by atoms with Crippen LogP contribution in [0.15, 0.2) is 6.20 Å². The van der Waals surface area contributed by atoms with Crippen molar-refractivity contribution < 1.29 is 19.1 Å². The smallest absolute Gasteiger partial charge is 0.261 e. The third-order valence-corrected chi connectivity index (χ3v) is 3.75. The third-order valence-electron chi connectivity index (χ3n) is 3.75. The van der Waals surface area contributed by atoms with Gasteiger partial charge in [0.25, 0.3) is 5.91 Å². The summed E-state index contributed by atoms with van der Waals surface area (Å²) in [6.45, 7) is 1.97. The van der Waals surface area contributed by atoms with Crippen molar-refractivity contribution in [2.24, 2.45) is 7.05 Å². The minimum absolute atomic E-state index is 0.0298. The molecule has 9 heteroatoms. The first kappa shape index (κ1) is 16.8. The van der Waals surface area contributed by atoms with Crippen LogP contribution in [0.5, 0.6) is 5.88 Å². The standard InChI is InChI=1S/C14H21N5O4/c1-16(14(22)11-8-17(2)15-13(11)23-3)9-12(21)19-6-4-18(10-20)5-7-19/h8,10H,4-7,9H2,1-3H3. The van der Waals surface area contributed by atoms with Gasteiger partial charge >= 0.3 is 0 Å². The van der Waals surface area contributed by atoms with Crippen molar-refractivity contribution in [2.45, 2.75) is 0 Å². The number of likely N-dealkylation sites (N-methyl/N-ethyl adjacent to an activating group) is 1. The van der Waals surface area contributed by atoms with Gasteiger partial charge in [0.15, 0.2) is 0 Å². The maximum atomic E-state index is 12.4. The molecule has 126 valence electrons. The Morgan fingerprint density at radius 3 is 2.57 bits per heavy atom. The molecule has 1 aromatic rings. The number of methoxy groups -OCH3 is 1. The molecule has 0 unspecified atom stereocenters. The number of amides is 3. The van der Waals surface area contributed by atoms with Crippen molar-refractivity contribution in [3.63, 3.8) is 0 Å². The number of rotatable bonds is 5. The second kappa shape index (κ2) is 7.12. The van der Waals surface area contributed by atoms with E-state index in [4.69, 9.17) is 4.74 Å². The molecular weight excluding hydrogens is 302 g/mol. The lowest BCUT2D eigenvalue weighted by Gasteiger charge is -2.33. The van der Waals surface area contributed by atoms with Crippen molar-refractivity contribution >= 4 is 18.2 Å². The van der Waals surface area contributed by atoms with E-state index in [2.05, 4.69) is 5.10 Å². The Kier molecular flexibility index (Phi) is 5.20. The summed E-state index contributed by atoms with van der Waals surface area (Å²) in [6.07, 6.45) is 2.34.